The van der Waals surface area contributed by atoms with Gasteiger partial charge in [0.25, 0.3) is 0 Å². The molecule has 0 bridgehead atoms. The van der Waals surface area contributed by atoms with Crippen LogP contribution in [0.15, 0.2) is 0 Å². The number of hydrogen-bond acceptors (Lipinski definition) is 4. The Morgan fingerprint density at radius 2 is 0.706 bits per heavy atom. The zero-order valence-electron chi connectivity index (χ0n) is 11.1. The van der Waals surface area contributed by atoms with Crippen molar-refractivity contribution in [2.75, 3.05) is 0 Å². The fraction of sp³-hybridized carbons (Fsp3) is 0.556. The number of ketones is 1. The summed E-state index contributed by atoms with van der Waals surface area (Å²) in [5.41, 5.74) is 14.1. The van der Waals surface area contributed by atoms with Gasteiger partial charge in [0.15, 0.2) is 0 Å². The number of Topliss-reactive ketones (excluding diaryl/α,β-unsaturated/α-hetero) is 1. The number of nitrogens with two attached hydrogens (primary N) is 3. The number of nitrogens with one attached hydrogen (secondary N) is 3. The molecule has 0 aromatic carbocycles. The van der Waals surface area contributed by atoms with Gasteiger partial charge in [-0.3, -0.25) is 16.2 Å². The summed E-state index contributed by atoms with van der Waals surface area (Å²) in [6, 6.07) is 0. The molecule has 100 valence electrons. The summed E-state index contributed by atoms with van der Waals surface area (Å²) in [5, 5.41) is 18.8. The first-order chi connectivity index (χ1) is 6.93. The van der Waals surface area contributed by atoms with Crippen LogP contribution < -0.4 is 17.2 Å². The van der Waals surface area contributed by atoms with Gasteiger partial charge in [-0.2, -0.15) is 0 Å². The van der Waals surface area contributed by atoms with Crippen LogP contribution in [0.25, 0.3) is 0 Å². The van der Waals surface area contributed by atoms with Crippen molar-refractivity contribution in [3.8, 4) is 0 Å². The molecule has 9 N–H and O–H groups in total. The van der Waals surface area contributed by atoms with Crippen LogP contribution in [0.1, 0.15) is 34.6 Å². The first-order valence-electron chi connectivity index (χ1n) is 4.32. The molecule has 17 heavy (non-hydrogen) atoms. The Morgan fingerprint density at radius 1 is 0.706 bits per heavy atom. The minimum atomic E-state index is 0. The summed E-state index contributed by atoms with van der Waals surface area (Å²) in [6.07, 6.45) is 0. The monoisotopic (exact) mass is 280 g/mol. The summed E-state index contributed by atoms with van der Waals surface area (Å²) >= 11 is 0. The summed E-state index contributed by atoms with van der Waals surface area (Å²) in [7, 11) is 0. The molecule has 0 atom stereocenters. The summed E-state index contributed by atoms with van der Waals surface area (Å²) in [4.78, 5) is 9.44. The largest absolute Gasteiger partial charge is 0.388 e. The zero-order valence-corrected chi connectivity index (χ0v) is 12.7. The number of amidine groups is 3. The van der Waals surface area contributed by atoms with Crippen LogP contribution in [-0.4, -0.2) is 23.3 Å². The first-order valence-corrected chi connectivity index (χ1v) is 4.32. The molecular formula is C9H24N6OTi. The van der Waals surface area contributed by atoms with Crippen LogP contribution in [0.5, 0.6) is 0 Å². The maximum atomic E-state index is 9.44. The van der Waals surface area contributed by atoms with E-state index in [9.17, 15) is 4.79 Å². The molecule has 0 rings (SSSR count). The van der Waals surface area contributed by atoms with Crippen LogP contribution in [0.2, 0.25) is 0 Å². The summed E-state index contributed by atoms with van der Waals surface area (Å²) in [5.74, 6) is 0.667. The fourth-order valence-corrected chi connectivity index (χ4v) is 0. The van der Waals surface area contributed by atoms with E-state index in [1.165, 1.54) is 34.6 Å². The van der Waals surface area contributed by atoms with Gasteiger partial charge in [-0.15, -0.1) is 0 Å². The van der Waals surface area contributed by atoms with Crippen LogP contribution in [0, 0.1) is 16.2 Å². The molecule has 0 aliphatic carbocycles. The maximum absolute atomic E-state index is 9.44. The van der Waals surface area contributed by atoms with Crippen molar-refractivity contribution in [2.45, 2.75) is 34.6 Å². The Hall–Kier alpha value is -1.21. The molecule has 0 heterocycles. The van der Waals surface area contributed by atoms with Crippen LogP contribution in [0.4, 0.5) is 0 Å². The fourth-order valence-electron chi connectivity index (χ4n) is 0. The minimum absolute atomic E-state index is 0. The van der Waals surface area contributed by atoms with Gasteiger partial charge in [0.05, 0.1) is 17.5 Å². The van der Waals surface area contributed by atoms with Crippen molar-refractivity contribution in [3.05, 3.63) is 0 Å². The predicted octanol–water partition coefficient (Wildman–Crippen LogP) is 0.420. The minimum Gasteiger partial charge on any atom is -0.388 e. The molecule has 0 radical (unpaired) electrons. The Kier molecular flexibility index (Phi) is 42.2. The molecule has 0 saturated carbocycles. The van der Waals surface area contributed by atoms with Gasteiger partial charge in [-0.25, -0.2) is 0 Å². The standard InChI is InChI=1S/C3H6O.3C2H6N2.Ti/c1-3(2)4;3*1-2(3)4;/h1-2H3;3*1H3,(H3,3,4);. The Morgan fingerprint density at radius 3 is 0.706 bits per heavy atom. The summed E-state index contributed by atoms with van der Waals surface area (Å²) in [6.45, 7) is 7.64. The van der Waals surface area contributed by atoms with Gasteiger partial charge in [0.1, 0.15) is 5.78 Å². The van der Waals surface area contributed by atoms with E-state index in [1.807, 2.05) is 0 Å². The molecule has 0 spiro atoms. The van der Waals surface area contributed by atoms with Crippen LogP contribution in [-0.2, 0) is 26.5 Å². The molecule has 0 aromatic heterocycles. The average molecular weight is 280 g/mol. The van der Waals surface area contributed by atoms with Gasteiger partial charge in [-0.1, -0.05) is 0 Å². The molecule has 0 aliphatic rings. The third-order valence-electron chi connectivity index (χ3n) is 0. The van der Waals surface area contributed by atoms with Gasteiger partial charge < -0.3 is 22.0 Å². The Labute approximate surface area is 118 Å². The SMILES string of the molecule is CC(=N)N.CC(=N)N.CC(=N)N.CC(C)=O.[Ti]. The molecule has 0 unspecified atom stereocenters. The smallest absolute Gasteiger partial charge is 0.126 e. The maximum Gasteiger partial charge on any atom is 0.126 e. The Bertz CT molecular complexity index is 166. The average Bonchev–Trinajstić information content (AvgIpc) is 1.76. The van der Waals surface area contributed by atoms with Crippen LogP contribution in [0.3, 0.4) is 0 Å². The third kappa shape index (κ3) is 1670. The van der Waals surface area contributed by atoms with E-state index in [4.69, 9.17) is 33.4 Å². The Balaban J connectivity index is -0.0000000369. The van der Waals surface area contributed by atoms with E-state index >= 15 is 0 Å². The van der Waals surface area contributed by atoms with Crippen molar-refractivity contribution >= 4 is 23.3 Å². The van der Waals surface area contributed by atoms with Gasteiger partial charge in [0, 0.05) is 21.7 Å². The van der Waals surface area contributed by atoms with Gasteiger partial charge in [-0.05, 0) is 34.6 Å². The molecule has 0 aromatic rings. The van der Waals surface area contributed by atoms with Gasteiger partial charge >= 0.3 is 0 Å². The molecule has 0 fully saturated rings. The zero-order chi connectivity index (χ0) is 14.3. The van der Waals surface area contributed by atoms with E-state index in [1.54, 1.807) is 0 Å². The van der Waals surface area contributed by atoms with E-state index in [-0.39, 0.29) is 45.0 Å². The van der Waals surface area contributed by atoms with Crippen molar-refractivity contribution < 1.29 is 26.5 Å². The van der Waals surface area contributed by atoms with Crippen molar-refractivity contribution in [2.24, 2.45) is 17.2 Å². The molecule has 0 aliphatic heterocycles. The van der Waals surface area contributed by atoms with Crippen molar-refractivity contribution in [1.29, 1.82) is 16.2 Å². The number of carbonyl (C=O) groups excluding carboxylic acids is 1. The molecule has 0 saturated heterocycles. The van der Waals surface area contributed by atoms with E-state index < -0.39 is 0 Å². The van der Waals surface area contributed by atoms with E-state index in [0.29, 0.717) is 0 Å². The van der Waals surface area contributed by atoms with Crippen molar-refractivity contribution in [1.82, 2.24) is 0 Å². The second-order valence-electron chi connectivity index (χ2n) is 2.96. The molecule has 8 heteroatoms. The molecule has 7 nitrogen and oxygen atoms in total. The number of hydrogen-bond donors (Lipinski definition) is 6. The topological polar surface area (TPSA) is 167 Å². The quantitative estimate of drug-likeness (QED) is 0.215. The normalized spacial score (nSPS) is 5.94. The van der Waals surface area contributed by atoms with E-state index in [2.05, 4.69) is 0 Å². The second-order valence-corrected chi connectivity index (χ2v) is 2.96. The number of carbonyl (C=O) groups is 1. The third-order valence-corrected chi connectivity index (χ3v) is 0. The van der Waals surface area contributed by atoms with Crippen molar-refractivity contribution in [3.63, 3.8) is 0 Å². The van der Waals surface area contributed by atoms with Gasteiger partial charge in [0.2, 0.25) is 0 Å². The summed E-state index contributed by atoms with van der Waals surface area (Å²) < 4.78 is 0. The molecular weight excluding hydrogens is 256 g/mol. The second kappa shape index (κ2) is 24.2. The predicted molar refractivity (Wildman–Crippen MR) is 69.1 cm³/mol. The molecule has 0 amide bonds. The first kappa shape index (κ1) is 29.7. The van der Waals surface area contributed by atoms with Crippen LogP contribution >= 0.6 is 0 Å². The number of rotatable bonds is 0. The van der Waals surface area contributed by atoms with E-state index in [0.717, 1.165) is 0 Å².